The molecule has 4 saturated heterocycles. The predicted octanol–water partition coefficient (Wildman–Crippen LogP) is 4.69. The molecule has 0 bridgehead atoms. The zero-order valence-corrected chi connectivity index (χ0v) is 35.2. The van der Waals surface area contributed by atoms with Gasteiger partial charge in [-0.25, -0.2) is 22.0 Å². The first-order valence-electron chi connectivity index (χ1n) is 21.3. The summed E-state index contributed by atoms with van der Waals surface area (Å²) < 4.78 is 62.9. The molecule has 15 heteroatoms. The molecule has 4 heterocycles. The number of piperidine rings is 2. The van der Waals surface area contributed by atoms with Crippen molar-refractivity contribution >= 4 is 33.4 Å². The Kier molecular flexibility index (Phi) is 13.3. The molecule has 1 saturated carbocycles. The van der Waals surface area contributed by atoms with E-state index in [0.717, 1.165) is 50.1 Å². The fourth-order valence-corrected chi connectivity index (χ4v) is 12.1. The van der Waals surface area contributed by atoms with Crippen LogP contribution in [0.25, 0.3) is 0 Å². The molecule has 1 aliphatic carbocycles. The van der Waals surface area contributed by atoms with Crippen LogP contribution in [0, 0.1) is 17.7 Å². The van der Waals surface area contributed by atoms with Gasteiger partial charge in [0.2, 0.25) is 11.8 Å². The zero-order valence-electron chi connectivity index (χ0n) is 34.4. The van der Waals surface area contributed by atoms with E-state index in [2.05, 4.69) is 20.4 Å². The number of hydrogen-bond acceptors (Lipinski definition) is 9. The summed E-state index contributed by atoms with van der Waals surface area (Å²) in [5, 5.41) is 5.44. The molecule has 322 valence electrons. The first-order chi connectivity index (χ1) is 28.3. The van der Waals surface area contributed by atoms with E-state index in [1.54, 1.807) is 47.4 Å². The van der Waals surface area contributed by atoms with Crippen LogP contribution in [-0.2, 0) is 29.6 Å². The van der Waals surface area contributed by atoms with Gasteiger partial charge in [0.15, 0.2) is 15.5 Å². The van der Waals surface area contributed by atoms with E-state index in [-0.39, 0.29) is 79.7 Å². The van der Waals surface area contributed by atoms with E-state index < -0.39 is 32.3 Å². The molecule has 59 heavy (non-hydrogen) atoms. The zero-order chi connectivity index (χ0) is 41.8. The Bertz CT molecular complexity index is 1940. The lowest BCUT2D eigenvalue weighted by molar-refractivity contribution is -0.129. The number of hydrogen-bond donors (Lipinski definition) is 2. The summed E-state index contributed by atoms with van der Waals surface area (Å²) in [5.41, 5.74) is -0.579. The molecule has 0 unspecified atom stereocenters. The number of methoxy groups -OCH3 is 1. The number of nitrogens with one attached hydrogen (secondary N) is 2. The van der Waals surface area contributed by atoms with Gasteiger partial charge in [-0.05, 0) is 119 Å². The lowest BCUT2D eigenvalue weighted by Crippen LogP contribution is -2.65. The van der Waals surface area contributed by atoms with E-state index in [1.165, 1.54) is 39.4 Å². The number of nitrogens with zero attached hydrogens (tertiary/aromatic N) is 4. The van der Waals surface area contributed by atoms with Gasteiger partial charge in [0, 0.05) is 62.9 Å². The molecule has 2 aromatic rings. The number of anilines is 1. The Morgan fingerprint density at radius 3 is 2.31 bits per heavy atom. The van der Waals surface area contributed by atoms with Gasteiger partial charge in [0.25, 0.3) is 0 Å². The third-order valence-corrected chi connectivity index (χ3v) is 15.7. The molecule has 4 aliphatic heterocycles. The van der Waals surface area contributed by atoms with Crippen LogP contribution >= 0.6 is 0 Å². The average Bonchev–Trinajstić information content (AvgIpc) is 3.65. The molecule has 0 spiro atoms. The molecule has 5 aliphatic rings. The van der Waals surface area contributed by atoms with Crippen LogP contribution < -0.4 is 15.5 Å². The largest absolute Gasteiger partial charge is 0.453 e. The maximum absolute atomic E-state index is 16.3. The van der Waals surface area contributed by atoms with Crippen LogP contribution in [0.15, 0.2) is 65.6 Å². The van der Waals surface area contributed by atoms with E-state index in [4.69, 9.17) is 4.74 Å². The second-order valence-electron chi connectivity index (χ2n) is 17.5. The number of ether oxygens (including phenoxy) is 1. The van der Waals surface area contributed by atoms with Crippen molar-refractivity contribution in [2.45, 2.75) is 85.6 Å². The minimum Gasteiger partial charge on any atom is -0.453 e. The van der Waals surface area contributed by atoms with Gasteiger partial charge in [-0.1, -0.05) is 31.1 Å². The van der Waals surface area contributed by atoms with Crippen molar-refractivity contribution in [3.8, 4) is 0 Å². The number of sulfone groups is 1. The Morgan fingerprint density at radius 2 is 1.64 bits per heavy atom. The normalized spacial score (nSPS) is 24.3. The maximum atomic E-state index is 16.3. The van der Waals surface area contributed by atoms with Gasteiger partial charge in [-0.15, -0.1) is 0 Å². The van der Waals surface area contributed by atoms with Crippen LogP contribution in [0.3, 0.4) is 0 Å². The molecular weight excluding hydrogens is 779 g/mol. The number of carbonyl (C=O) groups excluding carboxylic acids is 3. The van der Waals surface area contributed by atoms with Crippen molar-refractivity contribution in [3.63, 3.8) is 0 Å². The van der Waals surface area contributed by atoms with E-state index in [9.17, 15) is 27.2 Å². The lowest BCUT2D eigenvalue weighted by Gasteiger charge is -2.52. The Labute approximate surface area is 347 Å². The molecular formula is C44H60F2N6O6S. The predicted molar refractivity (Wildman–Crippen MR) is 222 cm³/mol. The third-order valence-electron chi connectivity index (χ3n) is 13.6. The topological polar surface area (TPSA) is 132 Å². The Balaban J connectivity index is 0.934. The fourth-order valence-electron chi connectivity index (χ4n) is 10.5. The molecule has 3 atom stereocenters. The van der Waals surface area contributed by atoms with Crippen molar-refractivity contribution in [3.05, 3.63) is 72.1 Å². The van der Waals surface area contributed by atoms with Gasteiger partial charge >= 0.3 is 6.09 Å². The quantitative estimate of drug-likeness (QED) is 0.261. The van der Waals surface area contributed by atoms with Gasteiger partial charge in [-0.2, -0.15) is 0 Å². The standard InChI is InChI=1S/C44H60F2N6O6S/c1-32(53)47-28-44(34-9-6-10-35(45)25-34,39-11-7-12-40(39)48-42(55)58-2)33-18-23-50(24-19-33)29-43(46)30-52(31-43)36-14-16-37(17-15-36)59(56,57)38-26-51(27-38)41(54)13-8-22-49-20-4-3-5-21-49/h6,8-10,13-17,25,33,38-40H,3-5,7,11-12,18-24,26-31H2,1-2H3,(H,47,53)(H,48,55)/b13-8+/t39-,40-,44-/m0/s1. The van der Waals surface area contributed by atoms with Gasteiger partial charge < -0.3 is 25.2 Å². The second kappa shape index (κ2) is 18.3. The molecule has 12 nitrogen and oxygen atoms in total. The van der Waals surface area contributed by atoms with Gasteiger partial charge in [-0.3, -0.25) is 19.4 Å². The van der Waals surface area contributed by atoms with Gasteiger partial charge in [0.05, 0.1) is 25.1 Å². The SMILES string of the molecule is COC(=O)N[C@H]1CCC[C@@H]1[C@](CNC(C)=O)(c1cccc(F)c1)C1CCN(CC2(F)CN(c3ccc(S(=O)(=O)C4CN(C(=O)/C=C/CN5CCCCC5)C4)cc3)C2)CC1. The highest BCUT2D eigenvalue weighted by molar-refractivity contribution is 7.92. The van der Waals surface area contributed by atoms with Crippen LogP contribution in [0.4, 0.5) is 19.3 Å². The molecule has 2 aromatic carbocycles. The summed E-state index contributed by atoms with van der Waals surface area (Å²) in [6, 6.07) is 13.0. The number of halogens is 2. The molecule has 2 N–H and O–H groups in total. The highest BCUT2D eigenvalue weighted by Gasteiger charge is 2.53. The molecule has 5 fully saturated rings. The van der Waals surface area contributed by atoms with E-state index in [1.807, 2.05) is 17.0 Å². The highest BCUT2D eigenvalue weighted by atomic mass is 32.2. The average molecular weight is 839 g/mol. The summed E-state index contributed by atoms with van der Waals surface area (Å²) >= 11 is 0. The number of amides is 3. The third kappa shape index (κ3) is 9.62. The lowest BCUT2D eigenvalue weighted by atomic mass is 9.58. The second-order valence-corrected chi connectivity index (χ2v) is 19.7. The summed E-state index contributed by atoms with van der Waals surface area (Å²) in [5.74, 6) is -0.775. The van der Waals surface area contributed by atoms with Crippen molar-refractivity contribution in [1.82, 2.24) is 25.3 Å². The smallest absolute Gasteiger partial charge is 0.407 e. The molecule has 7 rings (SSSR count). The van der Waals surface area contributed by atoms with Crippen molar-refractivity contribution in [2.75, 3.05) is 84.0 Å². The fraction of sp³-hybridized carbons (Fsp3) is 0.614. The maximum Gasteiger partial charge on any atom is 0.407 e. The van der Waals surface area contributed by atoms with Crippen molar-refractivity contribution in [1.29, 1.82) is 0 Å². The summed E-state index contributed by atoms with van der Waals surface area (Å²) in [7, 11) is -2.29. The Morgan fingerprint density at radius 1 is 0.932 bits per heavy atom. The van der Waals surface area contributed by atoms with Crippen molar-refractivity contribution < 1.29 is 36.3 Å². The van der Waals surface area contributed by atoms with Crippen LogP contribution in [0.2, 0.25) is 0 Å². The number of carbonyl (C=O) groups is 3. The monoisotopic (exact) mass is 838 g/mol. The van der Waals surface area contributed by atoms with Crippen LogP contribution in [0.5, 0.6) is 0 Å². The number of rotatable bonds is 14. The number of alkyl halides is 1. The summed E-state index contributed by atoms with van der Waals surface area (Å²) in [4.78, 5) is 45.6. The van der Waals surface area contributed by atoms with E-state index >= 15 is 4.39 Å². The minimum absolute atomic E-state index is 0.0235. The number of likely N-dealkylation sites (tertiary alicyclic amines) is 3. The first-order valence-corrected chi connectivity index (χ1v) is 22.9. The molecule has 3 amide bonds. The number of benzene rings is 2. The summed E-state index contributed by atoms with van der Waals surface area (Å²) in [6.45, 7) is 6.78. The highest BCUT2D eigenvalue weighted by Crippen LogP contribution is 2.50. The molecule has 0 radical (unpaired) electrons. The van der Waals surface area contributed by atoms with Crippen LogP contribution in [0.1, 0.15) is 63.9 Å². The Hall–Kier alpha value is -4.08. The van der Waals surface area contributed by atoms with Crippen LogP contribution in [-0.4, -0.2) is 137 Å². The first kappa shape index (κ1) is 43.0. The molecule has 0 aromatic heterocycles. The number of alkyl carbamates (subject to hydrolysis) is 1. The minimum atomic E-state index is -3.63. The van der Waals surface area contributed by atoms with Gasteiger partial charge in [0.1, 0.15) is 11.1 Å². The van der Waals surface area contributed by atoms with E-state index in [0.29, 0.717) is 25.9 Å². The van der Waals surface area contributed by atoms with Crippen molar-refractivity contribution in [2.24, 2.45) is 11.8 Å². The summed E-state index contributed by atoms with van der Waals surface area (Å²) in [6.07, 6.45) is 10.3.